The third-order valence-electron chi connectivity index (χ3n) is 6.10. The fourth-order valence-electron chi connectivity index (χ4n) is 4.58. The summed E-state index contributed by atoms with van der Waals surface area (Å²) in [7, 11) is -3.56. The lowest BCUT2D eigenvalue weighted by molar-refractivity contribution is 0.00534. The van der Waals surface area contributed by atoms with E-state index in [2.05, 4.69) is 0 Å². The molecule has 0 saturated carbocycles. The van der Waals surface area contributed by atoms with E-state index in [0.717, 1.165) is 22.3 Å². The molecule has 2 aliphatic rings. The monoisotopic (exact) mass is 413 g/mol. The van der Waals surface area contributed by atoms with Crippen molar-refractivity contribution in [2.75, 3.05) is 13.1 Å². The number of piperidine rings is 1. The molecule has 0 radical (unpaired) electrons. The number of carbonyl (C=O) groups is 1. The molecule has 1 fully saturated rings. The first kappa shape index (κ1) is 20.1. The summed E-state index contributed by atoms with van der Waals surface area (Å²) in [6, 6.07) is 9.31. The van der Waals surface area contributed by atoms with E-state index in [4.69, 9.17) is 4.74 Å². The zero-order valence-electron chi connectivity index (χ0n) is 17.4. The van der Waals surface area contributed by atoms with Gasteiger partial charge in [0.05, 0.1) is 16.9 Å². The van der Waals surface area contributed by atoms with Crippen LogP contribution in [0.5, 0.6) is 5.75 Å². The Morgan fingerprint density at radius 1 is 0.931 bits per heavy atom. The Morgan fingerprint density at radius 2 is 1.59 bits per heavy atom. The lowest BCUT2D eigenvalue weighted by atomic mass is 9.82. The molecule has 0 N–H and O–H groups in total. The molecule has 4 rings (SSSR count). The van der Waals surface area contributed by atoms with Crippen LogP contribution < -0.4 is 4.74 Å². The Bertz CT molecular complexity index is 1100. The van der Waals surface area contributed by atoms with Gasteiger partial charge in [0.25, 0.3) is 0 Å². The number of aryl methyl sites for hydroxylation is 4. The first-order chi connectivity index (χ1) is 13.6. The zero-order chi connectivity index (χ0) is 21.0. The van der Waals surface area contributed by atoms with Gasteiger partial charge >= 0.3 is 0 Å². The quantitative estimate of drug-likeness (QED) is 0.743. The number of rotatable bonds is 2. The SMILES string of the molecule is Cc1ccc(S(=O)(=O)N2CCC3(CC2)CC(=O)c2cc(C)cc(C)c2O3)c(C)c1. The van der Waals surface area contributed by atoms with E-state index >= 15 is 0 Å². The van der Waals surface area contributed by atoms with Crippen LogP contribution in [0.4, 0.5) is 0 Å². The van der Waals surface area contributed by atoms with Crippen molar-refractivity contribution >= 4 is 15.8 Å². The van der Waals surface area contributed by atoms with E-state index in [-0.39, 0.29) is 5.78 Å². The number of nitrogens with zero attached hydrogens (tertiary/aromatic N) is 1. The number of carbonyl (C=O) groups excluding carboxylic acids is 1. The van der Waals surface area contributed by atoms with Crippen molar-refractivity contribution in [3.05, 3.63) is 58.1 Å². The van der Waals surface area contributed by atoms with Gasteiger partial charge in [0.15, 0.2) is 5.78 Å². The summed E-state index contributed by atoms with van der Waals surface area (Å²) < 4.78 is 34.2. The van der Waals surface area contributed by atoms with Crippen molar-refractivity contribution in [1.29, 1.82) is 0 Å². The third-order valence-corrected chi connectivity index (χ3v) is 8.16. The Morgan fingerprint density at radius 3 is 2.24 bits per heavy atom. The molecule has 1 saturated heterocycles. The van der Waals surface area contributed by atoms with Gasteiger partial charge in [0.1, 0.15) is 11.4 Å². The van der Waals surface area contributed by atoms with Gasteiger partial charge in [0.2, 0.25) is 10.0 Å². The number of benzene rings is 2. The number of hydrogen-bond donors (Lipinski definition) is 0. The number of ketones is 1. The van der Waals surface area contributed by atoms with Gasteiger partial charge in [-0.1, -0.05) is 23.8 Å². The molecule has 0 aromatic heterocycles. The summed E-state index contributed by atoms with van der Waals surface area (Å²) in [6.45, 7) is 8.41. The van der Waals surface area contributed by atoms with Crippen LogP contribution in [0.25, 0.3) is 0 Å². The maximum Gasteiger partial charge on any atom is 0.243 e. The van der Waals surface area contributed by atoms with Crippen molar-refractivity contribution in [3.8, 4) is 5.75 Å². The van der Waals surface area contributed by atoms with Crippen LogP contribution in [0.3, 0.4) is 0 Å². The fourth-order valence-corrected chi connectivity index (χ4v) is 6.23. The highest BCUT2D eigenvalue weighted by molar-refractivity contribution is 7.89. The average molecular weight is 414 g/mol. The minimum Gasteiger partial charge on any atom is -0.486 e. The van der Waals surface area contributed by atoms with E-state index in [0.29, 0.717) is 48.6 Å². The average Bonchev–Trinajstić information content (AvgIpc) is 2.63. The Kier molecular flexibility index (Phi) is 4.82. The maximum atomic E-state index is 13.2. The Labute approximate surface area is 172 Å². The molecule has 2 heterocycles. The molecule has 2 aromatic carbocycles. The molecule has 0 bridgehead atoms. The van der Waals surface area contributed by atoms with Gasteiger partial charge in [-0.3, -0.25) is 4.79 Å². The molecule has 2 aliphatic heterocycles. The van der Waals surface area contributed by atoms with E-state index in [1.54, 1.807) is 6.07 Å². The molecule has 0 atom stereocenters. The van der Waals surface area contributed by atoms with Crippen LogP contribution in [0.2, 0.25) is 0 Å². The molecule has 0 amide bonds. The second-order valence-corrected chi connectivity index (χ2v) is 10.4. The van der Waals surface area contributed by atoms with Crippen LogP contribution >= 0.6 is 0 Å². The summed E-state index contributed by atoms with van der Waals surface area (Å²) in [4.78, 5) is 13.2. The van der Waals surface area contributed by atoms with Gasteiger partial charge in [-0.05, 0) is 56.5 Å². The minimum absolute atomic E-state index is 0.0868. The Balaban J connectivity index is 1.57. The standard InChI is InChI=1S/C23H27NO4S/c1-15-5-6-21(17(3)11-15)29(26,27)24-9-7-23(8-10-24)14-20(25)19-13-16(2)12-18(4)22(19)28-23/h5-6,11-13H,7-10,14H2,1-4H3. The molecule has 5 nitrogen and oxygen atoms in total. The van der Waals surface area contributed by atoms with Crippen LogP contribution in [0, 0.1) is 27.7 Å². The van der Waals surface area contributed by atoms with Crippen molar-refractivity contribution in [2.24, 2.45) is 0 Å². The molecule has 154 valence electrons. The molecule has 29 heavy (non-hydrogen) atoms. The predicted molar refractivity (Wildman–Crippen MR) is 112 cm³/mol. The summed E-state index contributed by atoms with van der Waals surface area (Å²) in [5.74, 6) is 0.751. The van der Waals surface area contributed by atoms with Gasteiger partial charge in [-0.25, -0.2) is 8.42 Å². The van der Waals surface area contributed by atoms with Crippen LogP contribution in [-0.2, 0) is 10.0 Å². The first-order valence-electron chi connectivity index (χ1n) is 10.0. The van der Waals surface area contributed by atoms with Crippen molar-refractivity contribution < 1.29 is 17.9 Å². The smallest absolute Gasteiger partial charge is 0.243 e. The van der Waals surface area contributed by atoms with Crippen LogP contribution in [0.1, 0.15) is 51.9 Å². The zero-order valence-corrected chi connectivity index (χ0v) is 18.2. The Hall–Kier alpha value is -2.18. The van der Waals surface area contributed by atoms with Crippen molar-refractivity contribution in [3.63, 3.8) is 0 Å². The fraction of sp³-hybridized carbons (Fsp3) is 0.435. The van der Waals surface area contributed by atoms with Crippen LogP contribution in [0.15, 0.2) is 35.2 Å². The predicted octanol–water partition coefficient (Wildman–Crippen LogP) is 4.11. The first-order valence-corrected chi connectivity index (χ1v) is 11.5. The van der Waals surface area contributed by atoms with E-state index < -0.39 is 15.6 Å². The molecule has 1 spiro atoms. The summed E-state index contributed by atoms with van der Waals surface area (Å²) in [5, 5.41) is 0. The van der Waals surface area contributed by atoms with Gasteiger partial charge < -0.3 is 4.74 Å². The van der Waals surface area contributed by atoms with Crippen molar-refractivity contribution in [2.45, 2.75) is 57.5 Å². The number of fused-ring (bicyclic) bond motifs is 1. The molecule has 2 aromatic rings. The topological polar surface area (TPSA) is 63.7 Å². The van der Waals surface area contributed by atoms with E-state index in [9.17, 15) is 13.2 Å². The number of Topliss-reactive ketones (excluding diaryl/α,β-unsaturated/α-hetero) is 1. The van der Waals surface area contributed by atoms with Crippen molar-refractivity contribution in [1.82, 2.24) is 4.31 Å². The summed E-state index contributed by atoms with van der Waals surface area (Å²) in [6.07, 6.45) is 1.33. The molecular formula is C23H27NO4S. The lowest BCUT2D eigenvalue weighted by Crippen LogP contribution is -2.52. The van der Waals surface area contributed by atoms with E-state index in [1.807, 2.05) is 52.0 Å². The van der Waals surface area contributed by atoms with E-state index in [1.165, 1.54) is 4.31 Å². The highest BCUT2D eigenvalue weighted by Gasteiger charge is 2.45. The molecule has 0 aliphatic carbocycles. The highest BCUT2D eigenvalue weighted by Crippen LogP contribution is 2.42. The summed E-state index contributed by atoms with van der Waals surface area (Å²) in [5.41, 5.74) is 3.84. The summed E-state index contributed by atoms with van der Waals surface area (Å²) >= 11 is 0. The second-order valence-electron chi connectivity index (χ2n) is 8.52. The molecule has 0 unspecified atom stereocenters. The lowest BCUT2D eigenvalue weighted by Gasteiger charge is -2.44. The number of sulfonamides is 1. The van der Waals surface area contributed by atoms with Gasteiger partial charge in [0, 0.05) is 25.9 Å². The molecule has 6 heteroatoms. The number of hydrogen-bond acceptors (Lipinski definition) is 4. The van der Waals surface area contributed by atoms with Gasteiger partial charge in [-0.15, -0.1) is 0 Å². The normalized spacial score (nSPS) is 19.1. The highest BCUT2D eigenvalue weighted by atomic mass is 32.2. The number of ether oxygens (including phenoxy) is 1. The maximum absolute atomic E-state index is 13.2. The van der Waals surface area contributed by atoms with Gasteiger partial charge in [-0.2, -0.15) is 4.31 Å². The third kappa shape index (κ3) is 3.49. The minimum atomic E-state index is -3.56. The largest absolute Gasteiger partial charge is 0.486 e. The van der Waals surface area contributed by atoms with Crippen LogP contribution in [-0.4, -0.2) is 37.2 Å². The molecular weight excluding hydrogens is 386 g/mol. The second kappa shape index (κ2) is 6.96.